The van der Waals surface area contributed by atoms with Crippen molar-refractivity contribution >= 4 is 0 Å². The van der Waals surface area contributed by atoms with E-state index in [1.807, 2.05) is 0 Å². The Balaban J connectivity index is 0.894. The average Bonchev–Trinajstić information content (AvgIpc) is 0.789. The van der Waals surface area contributed by atoms with Crippen molar-refractivity contribution in [3.63, 3.8) is 0 Å². The molecule has 7 aliphatic rings. The molecular formula is C52H93NO40. The van der Waals surface area contributed by atoms with Crippen LogP contribution in [-0.2, 0) is 66.3 Å². The molecule has 7 rings (SSSR count). The number of rotatable bonds is 30. The molecule has 39 atom stereocenters. The van der Waals surface area contributed by atoms with E-state index >= 15 is 0 Å². The molecule has 7 saturated heterocycles. The van der Waals surface area contributed by atoms with Gasteiger partial charge in [-0.1, -0.05) is 0 Å². The average molecular weight is 1370 g/mol. The summed E-state index contributed by atoms with van der Waals surface area (Å²) in [5.74, 6) is 0. The molecule has 0 aromatic heterocycles. The summed E-state index contributed by atoms with van der Waals surface area (Å²) in [7, 11) is 0. The molecule has 0 aromatic rings. The highest BCUT2D eigenvalue weighted by Crippen LogP contribution is 2.37. The van der Waals surface area contributed by atoms with Gasteiger partial charge in [0.25, 0.3) is 0 Å². The van der Waals surface area contributed by atoms with E-state index in [2.05, 4.69) is 5.32 Å². The molecule has 0 radical (unpaired) electrons. The molecule has 7 heterocycles. The van der Waals surface area contributed by atoms with Gasteiger partial charge in [-0.05, 0) is 19.9 Å². The highest BCUT2D eigenvalue weighted by atomic mass is 16.8. The van der Waals surface area contributed by atoms with Crippen molar-refractivity contribution in [1.82, 2.24) is 5.32 Å². The second-order valence-electron chi connectivity index (χ2n) is 23.7. The Bertz CT molecular complexity index is 2160. The summed E-state index contributed by atoms with van der Waals surface area (Å²) in [6, 6.07) is 0. The summed E-state index contributed by atoms with van der Waals surface area (Å²) in [5, 5.41) is 279. The van der Waals surface area contributed by atoms with Crippen molar-refractivity contribution < 1.29 is 199 Å². The van der Waals surface area contributed by atoms with Crippen molar-refractivity contribution in [1.29, 1.82) is 0 Å². The fourth-order valence-corrected chi connectivity index (χ4v) is 11.5. The van der Waals surface area contributed by atoms with E-state index in [0.29, 0.717) is 0 Å². The van der Waals surface area contributed by atoms with E-state index in [9.17, 15) is 133 Å². The van der Waals surface area contributed by atoms with Gasteiger partial charge in [-0.15, -0.1) is 0 Å². The lowest BCUT2D eigenvalue weighted by Gasteiger charge is -2.49. The maximum absolute atomic E-state index is 11.6. The summed E-state index contributed by atoms with van der Waals surface area (Å²) in [4.78, 5) is 0. The van der Waals surface area contributed by atoms with E-state index in [-0.39, 0.29) is 19.6 Å². The minimum Gasteiger partial charge on any atom is -0.394 e. The van der Waals surface area contributed by atoms with Gasteiger partial charge in [-0.2, -0.15) is 0 Å². The van der Waals surface area contributed by atoms with Crippen molar-refractivity contribution in [3.8, 4) is 0 Å². The van der Waals surface area contributed by atoms with Gasteiger partial charge in [0, 0.05) is 13.2 Å². The monoisotopic (exact) mass is 1370 g/mol. The Morgan fingerprint density at radius 1 is 0.355 bits per heavy atom. The van der Waals surface area contributed by atoms with Crippen LogP contribution in [0.15, 0.2) is 0 Å². The smallest absolute Gasteiger partial charge is 0.187 e. The second-order valence-corrected chi connectivity index (χ2v) is 23.7. The first-order valence-electron chi connectivity index (χ1n) is 30.1. The molecule has 7 fully saturated rings. The Hall–Kier alpha value is -1.64. The van der Waals surface area contributed by atoms with Gasteiger partial charge in [0.2, 0.25) is 0 Å². The summed E-state index contributed by atoms with van der Waals surface area (Å²) >= 11 is 0. The van der Waals surface area contributed by atoms with Crippen LogP contribution < -0.4 is 5.32 Å². The number of ether oxygens (including phenoxy) is 14. The van der Waals surface area contributed by atoms with Crippen LogP contribution in [0, 0.1) is 0 Å². The highest BCUT2D eigenvalue weighted by molar-refractivity contribution is 5.00. The van der Waals surface area contributed by atoms with Gasteiger partial charge in [-0.25, -0.2) is 0 Å². The molecule has 93 heavy (non-hydrogen) atoms. The van der Waals surface area contributed by atoms with Crippen LogP contribution in [0.3, 0.4) is 0 Å². The Labute approximate surface area is 528 Å². The van der Waals surface area contributed by atoms with Gasteiger partial charge in [0.05, 0.1) is 65.1 Å². The molecule has 0 saturated carbocycles. The van der Waals surface area contributed by atoms with Gasteiger partial charge in [-0.3, -0.25) is 0 Å². The zero-order chi connectivity index (χ0) is 68.6. The lowest BCUT2D eigenvalue weighted by molar-refractivity contribution is -0.392. The van der Waals surface area contributed by atoms with Crippen molar-refractivity contribution in [2.45, 2.75) is 253 Å². The molecule has 7 aliphatic heterocycles. The lowest BCUT2D eigenvalue weighted by atomic mass is 9.94. The zero-order valence-electron chi connectivity index (χ0n) is 49.8. The normalized spacial score (nSPS) is 48.2. The first-order chi connectivity index (χ1) is 44.1. The zero-order valence-corrected chi connectivity index (χ0v) is 49.8. The van der Waals surface area contributed by atoms with Gasteiger partial charge >= 0.3 is 0 Å². The molecule has 41 nitrogen and oxygen atoms in total. The molecule has 0 aliphatic carbocycles. The SMILES string of the molecule is CC1OC(COC2OC(COCCCNCC(O)C(O)C(OC3OC(CO)C(O)C(OC4OC(CO)C(O)C(OC5OC(CO)C(O)C(OC6OC(CO)C(O)C(O)C6O)C5O)C4O)C3O)C(O)CO)C(O)C(O)C2O)C(O)C(OC2OC(CO)C(O)C(O)C2O)C1O. The number of nitrogens with one attached hydrogen (secondary N) is 1. The molecular weight excluding hydrogens is 1280 g/mol. The number of hydrogen-bond donors (Lipinski definition) is 27. The Morgan fingerprint density at radius 2 is 0.699 bits per heavy atom. The number of aliphatic hydroxyl groups excluding tert-OH is 26. The molecule has 41 heteroatoms. The van der Waals surface area contributed by atoms with E-state index in [4.69, 9.17) is 66.3 Å². The summed E-state index contributed by atoms with van der Waals surface area (Å²) in [5.41, 5.74) is 0. The summed E-state index contributed by atoms with van der Waals surface area (Å²) < 4.78 is 78.3. The lowest BCUT2D eigenvalue weighted by Crippen LogP contribution is -2.68. The third-order valence-electron chi connectivity index (χ3n) is 17.2. The Morgan fingerprint density at radius 3 is 1.13 bits per heavy atom. The third kappa shape index (κ3) is 18.1. The van der Waals surface area contributed by atoms with Gasteiger partial charge in [0.1, 0.15) is 189 Å². The van der Waals surface area contributed by atoms with E-state index in [0.717, 1.165) is 0 Å². The molecule has 0 amide bonds. The van der Waals surface area contributed by atoms with Crippen LogP contribution in [0.25, 0.3) is 0 Å². The summed E-state index contributed by atoms with van der Waals surface area (Å²) in [6.07, 6.45) is -72.1. The fraction of sp³-hybridized carbons (Fsp3) is 1.00. The fourth-order valence-electron chi connectivity index (χ4n) is 11.5. The van der Waals surface area contributed by atoms with Crippen molar-refractivity contribution in [2.24, 2.45) is 0 Å². The van der Waals surface area contributed by atoms with Crippen LogP contribution in [-0.4, -0.2) is 444 Å². The predicted octanol–water partition coefficient (Wildman–Crippen LogP) is -17.8. The minimum absolute atomic E-state index is 0.0344. The van der Waals surface area contributed by atoms with E-state index in [1.165, 1.54) is 6.92 Å². The highest BCUT2D eigenvalue weighted by Gasteiger charge is 2.57. The van der Waals surface area contributed by atoms with Crippen LogP contribution in [0.4, 0.5) is 0 Å². The predicted molar refractivity (Wildman–Crippen MR) is 288 cm³/mol. The van der Waals surface area contributed by atoms with Crippen LogP contribution in [0.1, 0.15) is 13.3 Å². The maximum atomic E-state index is 11.6. The standard InChI is InChI=1S/C52H93NO40/c1-14-24(62)43(90-48-37(75)33(71)26(64)17(7-55)83-48)32(70)23(82-14)13-81-47-36(74)35(73)28(66)22(88-47)12-80-4-2-3-53-5-15(60)25(63)42(16(61)6-54)89-50-39(77)45(30(68)19(9-57)85-50)92-52-41(79)46(31(69)21(11-59)87-52)93-51-40(78)44(29(67)20(10-58)86-51)91-49-38(76)34(72)27(65)18(8-56)84-49/h14-79H,2-13H2,1H3. The Kier molecular flexibility index (Phi) is 30.1. The third-order valence-corrected chi connectivity index (χ3v) is 17.2. The quantitative estimate of drug-likeness (QED) is 0.0297. The van der Waals surface area contributed by atoms with Gasteiger partial charge < -0.3 is 204 Å². The molecule has 27 N–H and O–H groups in total. The largest absolute Gasteiger partial charge is 0.394 e. The van der Waals surface area contributed by atoms with Crippen LogP contribution in [0.2, 0.25) is 0 Å². The van der Waals surface area contributed by atoms with Crippen molar-refractivity contribution in [2.75, 3.05) is 72.6 Å². The summed E-state index contributed by atoms with van der Waals surface area (Å²) in [6.45, 7) is -6.06. The van der Waals surface area contributed by atoms with Crippen molar-refractivity contribution in [3.05, 3.63) is 0 Å². The number of hydrogen-bond acceptors (Lipinski definition) is 41. The topological polar surface area (TPSA) is 667 Å². The second kappa shape index (κ2) is 35.6. The van der Waals surface area contributed by atoms with Crippen LogP contribution in [0.5, 0.6) is 0 Å². The molecule has 39 unspecified atom stereocenters. The molecule has 0 spiro atoms. The number of aliphatic hydroxyl groups is 26. The first kappa shape index (κ1) is 78.7. The van der Waals surface area contributed by atoms with E-state index < -0.39 is 299 Å². The van der Waals surface area contributed by atoms with Gasteiger partial charge in [0.15, 0.2) is 37.7 Å². The molecule has 546 valence electrons. The maximum Gasteiger partial charge on any atom is 0.187 e. The molecule has 0 bridgehead atoms. The molecule has 0 aromatic carbocycles. The van der Waals surface area contributed by atoms with E-state index in [1.54, 1.807) is 0 Å². The van der Waals surface area contributed by atoms with Crippen LogP contribution >= 0.6 is 0 Å². The first-order valence-corrected chi connectivity index (χ1v) is 30.1. The minimum atomic E-state index is -2.28.